The summed E-state index contributed by atoms with van der Waals surface area (Å²) in [6.07, 6.45) is 0. The van der Waals surface area contributed by atoms with E-state index in [1.54, 1.807) is 12.1 Å². The summed E-state index contributed by atoms with van der Waals surface area (Å²) in [5.41, 5.74) is 0.481. The Morgan fingerprint density at radius 2 is 2.00 bits per heavy atom. The second-order valence-electron chi connectivity index (χ2n) is 3.54. The Hall–Kier alpha value is -0.610. The van der Waals surface area contributed by atoms with E-state index in [1.807, 2.05) is 19.1 Å². The molecule has 0 saturated heterocycles. The molecule has 4 heteroatoms. The Bertz CT molecular complexity index is 289. The Kier molecular flexibility index (Phi) is 3.89. The predicted molar refractivity (Wildman–Crippen MR) is 56.0 cm³/mol. The highest BCUT2D eigenvalue weighted by Gasteiger charge is 2.25. The summed E-state index contributed by atoms with van der Waals surface area (Å²) in [6, 6.07) is 7.28. The summed E-state index contributed by atoms with van der Waals surface area (Å²) in [5, 5.41) is 9.94. The van der Waals surface area contributed by atoms with Crippen LogP contribution in [0.3, 0.4) is 0 Å². The first-order chi connectivity index (χ1) is 6.62. The Balaban J connectivity index is 2.94. The van der Waals surface area contributed by atoms with Gasteiger partial charge in [0.25, 0.3) is 0 Å². The summed E-state index contributed by atoms with van der Waals surface area (Å²) < 4.78 is 0. The van der Waals surface area contributed by atoms with Gasteiger partial charge in [0.05, 0.1) is 13.2 Å². The quantitative estimate of drug-likeness (QED) is 0.749. The van der Waals surface area contributed by atoms with Gasteiger partial charge in [0.15, 0.2) is 0 Å². The monoisotopic (exact) mass is 215 g/mol. The molecule has 1 unspecified atom stereocenters. The number of hydrogen-bond donors (Lipinski definition) is 2. The first kappa shape index (κ1) is 11.5. The lowest BCUT2D eigenvalue weighted by Gasteiger charge is -2.26. The molecule has 1 aromatic carbocycles. The van der Waals surface area contributed by atoms with Crippen molar-refractivity contribution in [3.05, 3.63) is 34.9 Å². The van der Waals surface area contributed by atoms with Gasteiger partial charge < -0.3 is 9.94 Å². The number of benzene rings is 1. The molecule has 0 aliphatic rings. The van der Waals surface area contributed by atoms with Crippen LogP contribution in [0.25, 0.3) is 0 Å². The van der Waals surface area contributed by atoms with Crippen LogP contribution in [0, 0.1) is 0 Å². The van der Waals surface area contributed by atoms with Gasteiger partial charge in [-0.3, -0.25) is 0 Å². The van der Waals surface area contributed by atoms with Gasteiger partial charge in [0, 0.05) is 10.4 Å². The second kappa shape index (κ2) is 4.75. The van der Waals surface area contributed by atoms with E-state index in [2.05, 4.69) is 4.84 Å². The lowest BCUT2D eigenvalue weighted by molar-refractivity contribution is 0.0595. The summed E-state index contributed by atoms with van der Waals surface area (Å²) >= 11 is 5.76. The number of nitrogens with two attached hydrogens (primary N) is 1. The summed E-state index contributed by atoms with van der Waals surface area (Å²) in [4.78, 5) is 4.59. The van der Waals surface area contributed by atoms with E-state index in [9.17, 15) is 5.11 Å². The summed E-state index contributed by atoms with van der Waals surface area (Å²) in [5.74, 6) is 5.02. The van der Waals surface area contributed by atoms with Crippen molar-refractivity contribution in [2.75, 3.05) is 13.2 Å². The Morgan fingerprint density at radius 1 is 1.43 bits per heavy atom. The SMILES string of the molecule is CC(CO)(CON)c1ccc(Cl)cc1. The molecule has 1 aromatic rings. The molecular weight excluding hydrogens is 202 g/mol. The zero-order chi connectivity index (χ0) is 10.6. The van der Waals surface area contributed by atoms with Crippen molar-refractivity contribution >= 4 is 11.6 Å². The molecule has 1 rings (SSSR count). The zero-order valence-corrected chi connectivity index (χ0v) is 8.79. The van der Waals surface area contributed by atoms with Crippen LogP contribution in [0.2, 0.25) is 5.02 Å². The summed E-state index contributed by atoms with van der Waals surface area (Å²) in [6.45, 7) is 2.13. The Labute approximate surface area is 88.4 Å². The number of aliphatic hydroxyl groups excluding tert-OH is 1. The predicted octanol–water partition coefficient (Wildman–Crippen LogP) is 1.48. The molecule has 0 saturated carbocycles. The molecule has 0 aliphatic heterocycles. The number of hydrogen-bond acceptors (Lipinski definition) is 3. The van der Waals surface area contributed by atoms with E-state index in [0.717, 1.165) is 5.56 Å². The van der Waals surface area contributed by atoms with Gasteiger partial charge in [-0.1, -0.05) is 30.7 Å². The Morgan fingerprint density at radius 3 is 2.43 bits per heavy atom. The lowest BCUT2D eigenvalue weighted by atomic mass is 9.84. The molecule has 0 aromatic heterocycles. The third-order valence-corrected chi connectivity index (χ3v) is 2.54. The molecule has 0 aliphatic carbocycles. The van der Waals surface area contributed by atoms with Crippen molar-refractivity contribution in [3.8, 4) is 0 Å². The fourth-order valence-electron chi connectivity index (χ4n) is 1.26. The van der Waals surface area contributed by atoms with E-state index in [1.165, 1.54) is 0 Å². The lowest BCUT2D eigenvalue weighted by Crippen LogP contribution is -2.33. The van der Waals surface area contributed by atoms with Gasteiger partial charge in [0.2, 0.25) is 0 Å². The van der Waals surface area contributed by atoms with Crippen LogP contribution >= 0.6 is 11.6 Å². The van der Waals surface area contributed by atoms with E-state index in [4.69, 9.17) is 17.5 Å². The highest BCUT2D eigenvalue weighted by atomic mass is 35.5. The zero-order valence-electron chi connectivity index (χ0n) is 8.03. The van der Waals surface area contributed by atoms with Crippen molar-refractivity contribution in [1.29, 1.82) is 0 Å². The van der Waals surface area contributed by atoms with Crippen LogP contribution in [-0.4, -0.2) is 18.3 Å². The van der Waals surface area contributed by atoms with E-state index in [0.29, 0.717) is 5.02 Å². The molecule has 78 valence electrons. The summed E-state index contributed by atoms with van der Waals surface area (Å²) in [7, 11) is 0. The molecule has 0 radical (unpaired) electrons. The van der Waals surface area contributed by atoms with Gasteiger partial charge in [-0.15, -0.1) is 0 Å². The van der Waals surface area contributed by atoms with Crippen molar-refractivity contribution in [2.45, 2.75) is 12.3 Å². The van der Waals surface area contributed by atoms with Gasteiger partial charge in [-0.2, -0.15) is 0 Å². The standard InChI is InChI=1S/C10H14ClNO2/c1-10(6-13,7-14-12)8-2-4-9(11)5-3-8/h2-5,13H,6-7,12H2,1H3. The van der Waals surface area contributed by atoms with Gasteiger partial charge in [-0.25, -0.2) is 5.90 Å². The molecule has 3 nitrogen and oxygen atoms in total. The van der Waals surface area contributed by atoms with Crippen molar-refractivity contribution < 1.29 is 9.94 Å². The molecule has 14 heavy (non-hydrogen) atoms. The van der Waals surface area contributed by atoms with Crippen LogP contribution in [0.4, 0.5) is 0 Å². The maximum atomic E-state index is 9.27. The third kappa shape index (κ3) is 2.45. The van der Waals surface area contributed by atoms with Crippen LogP contribution in [0.1, 0.15) is 12.5 Å². The van der Waals surface area contributed by atoms with Gasteiger partial charge >= 0.3 is 0 Å². The largest absolute Gasteiger partial charge is 0.395 e. The number of aliphatic hydroxyl groups is 1. The smallest absolute Gasteiger partial charge is 0.0795 e. The molecule has 0 amide bonds. The maximum Gasteiger partial charge on any atom is 0.0795 e. The maximum absolute atomic E-state index is 9.27. The van der Waals surface area contributed by atoms with Crippen molar-refractivity contribution in [3.63, 3.8) is 0 Å². The highest BCUT2D eigenvalue weighted by Crippen LogP contribution is 2.24. The number of halogens is 1. The molecule has 3 N–H and O–H groups in total. The number of rotatable bonds is 4. The molecule has 0 heterocycles. The molecular formula is C10H14ClNO2. The minimum absolute atomic E-state index is 0.0220. The fourth-order valence-corrected chi connectivity index (χ4v) is 1.38. The molecule has 0 fully saturated rings. The minimum atomic E-state index is -0.473. The third-order valence-electron chi connectivity index (χ3n) is 2.29. The van der Waals surface area contributed by atoms with E-state index in [-0.39, 0.29) is 13.2 Å². The van der Waals surface area contributed by atoms with Gasteiger partial charge in [-0.05, 0) is 17.7 Å². The average molecular weight is 216 g/mol. The van der Waals surface area contributed by atoms with Crippen LogP contribution in [0.5, 0.6) is 0 Å². The molecule has 1 atom stereocenters. The van der Waals surface area contributed by atoms with Crippen molar-refractivity contribution in [2.24, 2.45) is 5.90 Å². The molecule has 0 spiro atoms. The topological polar surface area (TPSA) is 55.5 Å². The van der Waals surface area contributed by atoms with E-state index < -0.39 is 5.41 Å². The fraction of sp³-hybridized carbons (Fsp3) is 0.400. The van der Waals surface area contributed by atoms with Crippen molar-refractivity contribution in [1.82, 2.24) is 0 Å². The van der Waals surface area contributed by atoms with Crippen LogP contribution in [0.15, 0.2) is 24.3 Å². The first-order valence-electron chi connectivity index (χ1n) is 4.31. The van der Waals surface area contributed by atoms with Crippen LogP contribution < -0.4 is 5.90 Å². The van der Waals surface area contributed by atoms with Crippen LogP contribution in [-0.2, 0) is 10.3 Å². The highest BCUT2D eigenvalue weighted by molar-refractivity contribution is 6.30. The molecule has 0 bridgehead atoms. The average Bonchev–Trinajstić information content (AvgIpc) is 2.19. The minimum Gasteiger partial charge on any atom is -0.395 e. The van der Waals surface area contributed by atoms with E-state index >= 15 is 0 Å². The normalized spacial score (nSPS) is 15.1. The second-order valence-corrected chi connectivity index (χ2v) is 3.97. The van der Waals surface area contributed by atoms with Gasteiger partial charge in [0.1, 0.15) is 0 Å². The first-order valence-corrected chi connectivity index (χ1v) is 4.69.